The summed E-state index contributed by atoms with van der Waals surface area (Å²) in [4.78, 5) is 9.21. The molecule has 5 heteroatoms. The van der Waals surface area contributed by atoms with Gasteiger partial charge in [0.15, 0.2) is 11.3 Å². The Bertz CT molecular complexity index is 772. The van der Waals surface area contributed by atoms with Crippen LogP contribution in [0.3, 0.4) is 0 Å². The van der Waals surface area contributed by atoms with Crippen LogP contribution in [0.25, 0.3) is 16.7 Å². The summed E-state index contributed by atoms with van der Waals surface area (Å²) in [5.74, 6) is 0.942. The van der Waals surface area contributed by atoms with Gasteiger partial charge in [0.2, 0.25) is 0 Å². The van der Waals surface area contributed by atoms with Crippen LogP contribution in [0, 0.1) is 13.8 Å². The first-order chi connectivity index (χ1) is 9.13. The van der Waals surface area contributed by atoms with Crippen LogP contribution >= 0.6 is 0 Å². The molecule has 0 saturated carbocycles. The first-order valence-electron chi connectivity index (χ1n) is 6.48. The lowest BCUT2D eigenvalue weighted by Crippen LogP contribution is -2.03. The monoisotopic (exact) mass is 255 g/mol. The first-order valence-corrected chi connectivity index (χ1v) is 6.48. The number of pyridine rings is 1. The van der Waals surface area contributed by atoms with E-state index in [9.17, 15) is 0 Å². The van der Waals surface area contributed by atoms with Crippen LogP contribution in [0.5, 0.6) is 0 Å². The molecule has 0 aromatic carbocycles. The van der Waals surface area contributed by atoms with Crippen LogP contribution in [0.2, 0.25) is 0 Å². The Balaban J connectivity index is 2.50. The zero-order valence-corrected chi connectivity index (χ0v) is 11.7. The van der Waals surface area contributed by atoms with E-state index in [0.29, 0.717) is 0 Å². The predicted molar refractivity (Wildman–Crippen MR) is 76.7 cm³/mol. The SMILES string of the molecule is CCc1cc(NC)n2nc3nc(C)cc(C)c3c2n1. The molecule has 3 rings (SSSR count). The van der Waals surface area contributed by atoms with E-state index >= 15 is 0 Å². The normalized spacial score (nSPS) is 11.4. The van der Waals surface area contributed by atoms with Gasteiger partial charge in [-0.2, -0.15) is 4.52 Å². The third-order valence-electron chi connectivity index (χ3n) is 3.34. The molecule has 0 saturated heterocycles. The number of nitrogens with zero attached hydrogens (tertiary/aromatic N) is 4. The molecule has 0 atom stereocenters. The lowest BCUT2D eigenvalue weighted by molar-refractivity contribution is 0.922. The quantitative estimate of drug-likeness (QED) is 0.764. The Hall–Kier alpha value is -2.17. The highest BCUT2D eigenvalue weighted by Crippen LogP contribution is 2.24. The molecule has 0 aliphatic carbocycles. The van der Waals surface area contributed by atoms with Gasteiger partial charge in [0.1, 0.15) is 5.82 Å². The molecule has 0 bridgehead atoms. The van der Waals surface area contributed by atoms with Gasteiger partial charge in [-0.05, 0) is 31.9 Å². The molecule has 5 nitrogen and oxygen atoms in total. The predicted octanol–water partition coefficient (Wildman–Crippen LogP) is 2.50. The van der Waals surface area contributed by atoms with Gasteiger partial charge < -0.3 is 5.32 Å². The van der Waals surface area contributed by atoms with Crippen molar-refractivity contribution in [1.29, 1.82) is 0 Å². The summed E-state index contributed by atoms with van der Waals surface area (Å²) in [7, 11) is 1.89. The minimum Gasteiger partial charge on any atom is -0.373 e. The van der Waals surface area contributed by atoms with Crippen LogP contribution in [-0.2, 0) is 6.42 Å². The topological polar surface area (TPSA) is 55.1 Å². The van der Waals surface area contributed by atoms with Crippen molar-refractivity contribution in [1.82, 2.24) is 19.6 Å². The summed E-state index contributed by atoms with van der Waals surface area (Å²) < 4.78 is 1.84. The molecular weight excluding hydrogens is 238 g/mol. The molecule has 3 aromatic rings. The second kappa shape index (κ2) is 4.19. The smallest absolute Gasteiger partial charge is 0.184 e. The second-order valence-corrected chi connectivity index (χ2v) is 4.75. The van der Waals surface area contributed by atoms with Gasteiger partial charge in [0.05, 0.1) is 5.39 Å². The Kier molecular flexibility index (Phi) is 2.62. The molecule has 1 N–H and O–H groups in total. The highest BCUT2D eigenvalue weighted by molar-refractivity contribution is 5.93. The number of aromatic nitrogens is 4. The second-order valence-electron chi connectivity index (χ2n) is 4.75. The van der Waals surface area contributed by atoms with Crippen LogP contribution in [0.15, 0.2) is 12.1 Å². The maximum absolute atomic E-state index is 4.70. The first kappa shape index (κ1) is 11.9. The Morgan fingerprint density at radius 1 is 1.21 bits per heavy atom. The summed E-state index contributed by atoms with van der Waals surface area (Å²) in [6.45, 7) is 6.17. The molecule has 3 aromatic heterocycles. The van der Waals surface area contributed by atoms with Gasteiger partial charge in [-0.25, -0.2) is 9.97 Å². The van der Waals surface area contributed by atoms with Gasteiger partial charge in [-0.15, -0.1) is 5.10 Å². The highest BCUT2D eigenvalue weighted by Gasteiger charge is 2.14. The fraction of sp³-hybridized carbons (Fsp3) is 0.357. The maximum atomic E-state index is 4.70. The summed E-state index contributed by atoms with van der Waals surface area (Å²) in [6, 6.07) is 4.10. The van der Waals surface area contributed by atoms with Gasteiger partial charge in [-0.3, -0.25) is 0 Å². The summed E-state index contributed by atoms with van der Waals surface area (Å²) >= 11 is 0. The maximum Gasteiger partial charge on any atom is 0.184 e. The number of hydrogen-bond acceptors (Lipinski definition) is 4. The van der Waals surface area contributed by atoms with E-state index in [1.807, 2.05) is 24.6 Å². The number of fused-ring (bicyclic) bond motifs is 3. The molecular formula is C14H17N5. The van der Waals surface area contributed by atoms with Crippen molar-refractivity contribution >= 4 is 22.5 Å². The summed E-state index contributed by atoms with van der Waals surface area (Å²) in [5.41, 5.74) is 4.84. The number of rotatable bonds is 2. The van der Waals surface area contributed by atoms with Crippen molar-refractivity contribution < 1.29 is 0 Å². The molecule has 3 heterocycles. The highest BCUT2D eigenvalue weighted by atomic mass is 15.3. The minimum atomic E-state index is 0.759. The summed E-state index contributed by atoms with van der Waals surface area (Å²) in [6.07, 6.45) is 0.899. The molecule has 0 radical (unpaired) electrons. The van der Waals surface area contributed by atoms with E-state index in [4.69, 9.17) is 4.98 Å². The Labute approximate surface area is 111 Å². The van der Waals surface area contributed by atoms with Crippen molar-refractivity contribution in [2.45, 2.75) is 27.2 Å². The number of hydrogen-bond donors (Lipinski definition) is 1. The number of nitrogens with one attached hydrogen (secondary N) is 1. The zero-order chi connectivity index (χ0) is 13.6. The number of anilines is 1. The minimum absolute atomic E-state index is 0.759. The number of aryl methyl sites for hydroxylation is 3. The molecule has 19 heavy (non-hydrogen) atoms. The van der Waals surface area contributed by atoms with Crippen molar-refractivity contribution in [2.24, 2.45) is 0 Å². The lowest BCUT2D eigenvalue weighted by Gasteiger charge is -2.05. The van der Waals surface area contributed by atoms with Gasteiger partial charge >= 0.3 is 0 Å². The van der Waals surface area contributed by atoms with Crippen LogP contribution in [0.1, 0.15) is 23.9 Å². The summed E-state index contributed by atoms with van der Waals surface area (Å²) in [5, 5.41) is 8.78. The van der Waals surface area contributed by atoms with Gasteiger partial charge in [0, 0.05) is 24.5 Å². The third-order valence-corrected chi connectivity index (χ3v) is 3.34. The van der Waals surface area contributed by atoms with E-state index in [1.54, 1.807) is 0 Å². The average molecular weight is 255 g/mol. The van der Waals surface area contributed by atoms with Crippen molar-refractivity contribution in [3.8, 4) is 0 Å². The van der Waals surface area contributed by atoms with E-state index in [2.05, 4.69) is 35.3 Å². The Morgan fingerprint density at radius 2 is 2.00 bits per heavy atom. The zero-order valence-electron chi connectivity index (χ0n) is 11.7. The van der Waals surface area contributed by atoms with E-state index in [-0.39, 0.29) is 0 Å². The largest absolute Gasteiger partial charge is 0.373 e. The average Bonchev–Trinajstić information content (AvgIpc) is 2.75. The molecule has 0 aliphatic rings. The van der Waals surface area contributed by atoms with E-state index in [0.717, 1.165) is 40.3 Å². The van der Waals surface area contributed by atoms with E-state index in [1.165, 1.54) is 5.56 Å². The molecule has 0 amide bonds. The molecule has 98 valence electrons. The third kappa shape index (κ3) is 1.73. The molecule has 0 spiro atoms. The van der Waals surface area contributed by atoms with Crippen LogP contribution in [0.4, 0.5) is 5.82 Å². The van der Waals surface area contributed by atoms with E-state index < -0.39 is 0 Å². The molecule has 0 unspecified atom stereocenters. The van der Waals surface area contributed by atoms with Gasteiger partial charge in [-0.1, -0.05) is 6.92 Å². The van der Waals surface area contributed by atoms with Gasteiger partial charge in [0.25, 0.3) is 0 Å². The van der Waals surface area contributed by atoms with Crippen molar-refractivity contribution in [3.05, 3.63) is 29.1 Å². The fourth-order valence-electron chi connectivity index (χ4n) is 2.43. The molecule has 0 aliphatic heterocycles. The van der Waals surface area contributed by atoms with Crippen LogP contribution < -0.4 is 5.32 Å². The van der Waals surface area contributed by atoms with Crippen molar-refractivity contribution in [3.63, 3.8) is 0 Å². The molecule has 0 fully saturated rings. The fourth-order valence-corrected chi connectivity index (χ4v) is 2.43. The standard InChI is InChI=1S/C14H17N5/c1-5-10-7-11(15-4)19-14(17-10)12-8(2)6-9(3)16-13(12)18-19/h6-7,15H,5H2,1-4H3. The van der Waals surface area contributed by atoms with Crippen molar-refractivity contribution in [2.75, 3.05) is 12.4 Å². The van der Waals surface area contributed by atoms with Crippen LogP contribution in [-0.4, -0.2) is 26.6 Å². The Morgan fingerprint density at radius 3 is 2.68 bits per heavy atom. The lowest BCUT2D eigenvalue weighted by atomic mass is 10.2.